The zero-order chi connectivity index (χ0) is 18.2. The summed E-state index contributed by atoms with van der Waals surface area (Å²) in [5.41, 5.74) is 6.04. The second-order valence-corrected chi connectivity index (χ2v) is 6.60. The molecule has 1 amide bonds. The second-order valence-electron chi connectivity index (χ2n) is 6.60. The fourth-order valence-electron chi connectivity index (χ4n) is 2.93. The highest BCUT2D eigenvalue weighted by atomic mass is 16.1. The van der Waals surface area contributed by atoms with E-state index in [2.05, 4.69) is 68.2 Å². The first-order chi connectivity index (χ1) is 12.0. The fourth-order valence-corrected chi connectivity index (χ4v) is 2.93. The van der Waals surface area contributed by atoms with Gasteiger partial charge in [0.05, 0.1) is 6.42 Å². The third-order valence-electron chi connectivity index (χ3n) is 4.82. The first kappa shape index (κ1) is 19.2. The highest BCUT2D eigenvalue weighted by molar-refractivity contribution is 5.78. The lowest BCUT2D eigenvalue weighted by atomic mass is 10.0. The minimum Gasteiger partial charge on any atom is -0.352 e. The van der Waals surface area contributed by atoms with Crippen LogP contribution in [-0.2, 0) is 24.3 Å². The summed E-state index contributed by atoms with van der Waals surface area (Å²) in [5, 5.41) is 3.07. The van der Waals surface area contributed by atoms with E-state index >= 15 is 0 Å². The van der Waals surface area contributed by atoms with Gasteiger partial charge in [-0.2, -0.15) is 0 Å². The number of hydrogen-bond acceptors (Lipinski definition) is 2. The predicted octanol–water partition coefficient (Wildman–Crippen LogP) is 4.00. The second kappa shape index (κ2) is 9.38. The molecule has 0 atom stereocenters. The first-order valence-corrected chi connectivity index (χ1v) is 9.15. The molecule has 0 aliphatic rings. The van der Waals surface area contributed by atoms with Crippen LogP contribution in [0.15, 0.2) is 42.5 Å². The van der Waals surface area contributed by atoms with Crippen molar-refractivity contribution in [2.24, 2.45) is 0 Å². The number of hydrogen-bond donors (Lipinski definition) is 1. The van der Waals surface area contributed by atoms with Crippen molar-refractivity contribution < 1.29 is 4.79 Å². The van der Waals surface area contributed by atoms with Crippen molar-refractivity contribution in [2.45, 2.75) is 47.2 Å². The molecule has 0 aliphatic heterocycles. The van der Waals surface area contributed by atoms with Crippen LogP contribution in [0.5, 0.6) is 0 Å². The van der Waals surface area contributed by atoms with E-state index in [1.807, 2.05) is 12.1 Å². The van der Waals surface area contributed by atoms with Gasteiger partial charge in [-0.1, -0.05) is 56.3 Å². The Balaban J connectivity index is 1.96. The highest BCUT2D eigenvalue weighted by Crippen LogP contribution is 2.13. The molecule has 0 heterocycles. The van der Waals surface area contributed by atoms with Crippen LogP contribution in [-0.4, -0.2) is 23.9 Å². The van der Waals surface area contributed by atoms with Crippen LogP contribution in [0.2, 0.25) is 0 Å². The highest BCUT2D eigenvalue weighted by Gasteiger charge is 2.08. The van der Waals surface area contributed by atoms with Gasteiger partial charge in [-0.15, -0.1) is 0 Å². The molecule has 0 aromatic heterocycles. The molecular weight excluding hydrogens is 308 g/mol. The van der Waals surface area contributed by atoms with Crippen molar-refractivity contribution in [3.8, 4) is 0 Å². The van der Waals surface area contributed by atoms with E-state index in [-0.39, 0.29) is 5.91 Å². The molecular formula is C22H30N2O. The molecule has 0 spiro atoms. The molecule has 3 heteroatoms. The third kappa shape index (κ3) is 5.71. The Labute approximate surface area is 152 Å². The van der Waals surface area contributed by atoms with Crippen LogP contribution >= 0.6 is 0 Å². The SMILES string of the molecule is CCN(CC)Cc1ccccc1CNC(=O)Cc1ccc(C)c(C)c1. The average molecular weight is 338 g/mol. The number of carbonyl (C=O) groups excluding carboxylic acids is 1. The van der Waals surface area contributed by atoms with Crippen LogP contribution in [0.4, 0.5) is 0 Å². The van der Waals surface area contributed by atoms with E-state index < -0.39 is 0 Å². The molecule has 3 nitrogen and oxygen atoms in total. The van der Waals surface area contributed by atoms with E-state index in [0.717, 1.165) is 25.2 Å². The van der Waals surface area contributed by atoms with Gasteiger partial charge in [0.15, 0.2) is 0 Å². The lowest BCUT2D eigenvalue weighted by Crippen LogP contribution is -2.27. The monoisotopic (exact) mass is 338 g/mol. The summed E-state index contributed by atoms with van der Waals surface area (Å²) < 4.78 is 0. The summed E-state index contributed by atoms with van der Waals surface area (Å²) in [4.78, 5) is 14.7. The summed E-state index contributed by atoms with van der Waals surface area (Å²) in [7, 11) is 0. The van der Waals surface area contributed by atoms with Crippen LogP contribution in [0.1, 0.15) is 41.7 Å². The molecule has 0 radical (unpaired) electrons. The summed E-state index contributed by atoms with van der Waals surface area (Å²) in [6.45, 7) is 12.1. The number of benzene rings is 2. The zero-order valence-electron chi connectivity index (χ0n) is 15.9. The number of amides is 1. The first-order valence-electron chi connectivity index (χ1n) is 9.15. The topological polar surface area (TPSA) is 32.3 Å². The van der Waals surface area contributed by atoms with E-state index in [0.29, 0.717) is 13.0 Å². The summed E-state index contributed by atoms with van der Waals surface area (Å²) in [6, 6.07) is 14.6. The van der Waals surface area contributed by atoms with Crippen molar-refractivity contribution in [1.29, 1.82) is 0 Å². The predicted molar refractivity (Wildman–Crippen MR) is 105 cm³/mol. The van der Waals surface area contributed by atoms with Crippen LogP contribution < -0.4 is 5.32 Å². The van der Waals surface area contributed by atoms with Gasteiger partial charge >= 0.3 is 0 Å². The lowest BCUT2D eigenvalue weighted by molar-refractivity contribution is -0.120. The van der Waals surface area contributed by atoms with Gasteiger partial charge in [0.1, 0.15) is 0 Å². The van der Waals surface area contributed by atoms with Crippen LogP contribution in [0, 0.1) is 13.8 Å². The third-order valence-corrected chi connectivity index (χ3v) is 4.82. The molecule has 0 saturated heterocycles. The van der Waals surface area contributed by atoms with Gasteiger partial charge < -0.3 is 5.32 Å². The Kier molecular flexibility index (Phi) is 7.20. The molecule has 0 saturated carbocycles. The molecule has 134 valence electrons. The minimum absolute atomic E-state index is 0.0703. The Bertz CT molecular complexity index is 705. The Hall–Kier alpha value is -2.13. The largest absolute Gasteiger partial charge is 0.352 e. The van der Waals surface area contributed by atoms with E-state index in [1.165, 1.54) is 22.3 Å². The van der Waals surface area contributed by atoms with E-state index in [9.17, 15) is 4.79 Å². The summed E-state index contributed by atoms with van der Waals surface area (Å²) in [5.74, 6) is 0.0703. The molecule has 0 bridgehead atoms. The molecule has 0 aliphatic carbocycles. The van der Waals surface area contributed by atoms with Crippen LogP contribution in [0.25, 0.3) is 0 Å². The summed E-state index contributed by atoms with van der Waals surface area (Å²) in [6.07, 6.45) is 0.430. The van der Waals surface area contributed by atoms with Gasteiger partial charge in [-0.25, -0.2) is 0 Å². The molecule has 0 fully saturated rings. The fraction of sp³-hybridized carbons (Fsp3) is 0.409. The molecule has 0 unspecified atom stereocenters. The zero-order valence-corrected chi connectivity index (χ0v) is 15.9. The molecule has 2 aromatic rings. The van der Waals surface area contributed by atoms with Crippen molar-refractivity contribution in [3.05, 3.63) is 70.3 Å². The number of rotatable bonds is 8. The van der Waals surface area contributed by atoms with Crippen molar-refractivity contribution in [1.82, 2.24) is 10.2 Å². The molecule has 1 N–H and O–H groups in total. The van der Waals surface area contributed by atoms with Gasteiger partial charge in [0.2, 0.25) is 5.91 Å². The van der Waals surface area contributed by atoms with Gasteiger partial charge in [0, 0.05) is 13.1 Å². The Morgan fingerprint density at radius 1 is 0.960 bits per heavy atom. The smallest absolute Gasteiger partial charge is 0.224 e. The van der Waals surface area contributed by atoms with E-state index in [4.69, 9.17) is 0 Å². The molecule has 2 aromatic carbocycles. The average Bonchev–Trinajstić information content (AvgIpc) is 2.62. The van der Waals surface area contributed by atoms with E-state index in [1.54, 1.807) is 0 Å². The number of carbonyl (C=O) groups is 1. The van der Waals surface area contributed by atoms with Crippen molar-refractivity contribution in [2.75, 3.05) is 13.1 Å². The number of nitrogens with one attached hydrogen (secondary N) is 1. The van der Waals surface area contributed by atoms with Crippen LogP contribution in [0.3, 0.4) is 0 Å². The van der Waals surface area contributed by atoms with Crippen molar-refractivity contribution >= 4 is 5.91 Å². The molecule has 25 heavy (non-hydrogen) atoms. The summed E-state index contributed by atoms with van der Waals surface area (Å²) >= 11 is 0. The maximum Gasteiger partial charge on any atom is 0.224 e. The quantitative estimate of drug-likeness (QED) is 0.789. The maximum atomic E-state index is 12.3. The number of nitrogens with zero attached hydrogens (tertiary/aromatic N) is 1. The van der Waals surface area contributed by atoms with Gasteiger partial charge in [-0.3, -0.25) is 9.69 Å². The van der Waals surface area contributed by atoms with Crippen molar-refractivity contribution in [3.63, 3.8) is 0 Å². The lowest BCUT2D eigenvalue weighted by Gasteiger charge is -2.20. The maximum absolute atomic E-state index is 12.3. The minimum atomic E-state index is 0.0703. The Morgan fingerprint density at radius 3 is 2.28 bits per heavy atom. The Morgan fingerprint density at radius 2 is 1.64 bits per heavy atom. The molecule has 2 rings (SSSR count). The standard InChI is InChI=1S/C22H30N2O/c1-5-24(6-2)16-21-10-8-7-9-20(21)15-23-22(25)14-19-12-11-17(3)18(4)13-19/h7-13H,5-6,14-16H2,1-4H3,(H,23,25). The van der Waals surface area contributed by atoms with Gasteiger partial charge in [-0.05, 0) is 54.8 Å². The van der Waals surface area contributed by atoms with Gasteiger partial charge in [0.25, 0.3) is 0 Å². The normalized spacial score (nSPS) is 10.9. The number of aryl methyl sites for hydroxylation is 2.